The molecule has 0 aromatic heterocycles. The highest BCUT2D eigenvalue weighted by atomic mass is 32.2. The van der Waals surface area contributed by atoms with Gasteiger partial charge in [0.2, 0.25) is 5.91 Å². The Bertz CT molecular complexity index is 630. The monoisotopic (exact) mass is 347 g/mol. The Kier molecular flexibility index (Phi) is 4.39. The minimum absolute atomic E-state index is 0.135. The lowest BCUT2D eigenvalue weighted by Crippen LogP contribution is -2.45. The zero-order valence-electron chi connectivity index (χ0n) is 13.6. The number of likely N-dealkylation sites (tertiary alicyclic amines) is 2. The van der Waals surface area contributed by atoms with Crippen molar-refractivity contribution in [2.75, 3.05) is 26.2 Å². The van der Waals surface area contributed by atoms with Gasteiger partial charge in [-0.1, -0.05) is 11.8 Å². The zero-order valence-corrected chi connectivity index (χ0v) is 14.4. The van der Waals surface area contributed by atoms with Crippen molar-refractivity contribution < 1.29 is 9.59 Å². The van der Waals surface area contributed by atoms with Crippen LogP contribution in [-0.2, 0) is 9.59 Å². The van der Waals surface area contributed by atoms with Gasteiger partial charge >= 0.3 is 0 Å². The van der Waals surface area contributed by atoms with Crippen LogP contribution in [-0.4, -0.2) is 70.4 Å². The lowest BCUT2D eigenvalue weighted by molar-refractivity contribution is -0.137. The molecule has 1 unspecified atom stereocenters. The lowest BCUT2D eigenvalue weighted by Gasteiger charge is -2.36. The number of piperidine rings is 2. The summed E-state index contributed by atoms with van der Waals surface area (Å²) in [5.74, 6) is 0.841. The molecule has 128 valence electrons. The van der Waals surface area contributed by atoms with E-state index in [2.05, 4.69) is 19.9 Å². The molecule has 0 aliphatic carbocycles. The number of fused-ring (bicyclic) bond motifs is 1. The van der Waals surface area contributed by atoms with Gasteiger partial charge in [-0.05, 0) is 32.1 Å². The normalized spacial score (nSPS) is 27.8. The Balaban J connectivity index is 1.34. The standard InChI is InChI=1S/C16H21N5O2S/c22-14-12-13(17-10-18-14)19-16(24-12)21-8-4-11(5-9-21)15(23)20-6-2-1-3-7-20/h10-12H,1-9H2. The first kappa shape index (κ1) is 15.8. The fraction of sp³-hybridized carbons (Fsp3) is 0.688. The third-order valence-electron chi connectivity index (χ3n) is 5.05. The van der Waals surface area contributed by atoms with Crippen molar-refractivity contribution in [2.24, 2.45) is 20.9 Å². The van der Waals surface area contributed by atoms with E-state index in [9.17, 15) is 9.59 Å². The zero-order chi connectivity index (χ0) is 16.5. The summed E-state index contributed by atoms with van der Waals surface area (Å²) in [7, 11) is 0. The van der Waals surface area contributed by atoms with E-state index in [-0.39, 0.29) is 17.1 Å². The van der Waals surface area contributed by atoms with Gasteiger partial charge in [-0.2, -0.15) is 0 Å². The van der Waals surface area contributed by atoms with Crippen LogP contribution < -0.4 is 0 Å². The molecule has 8 heteroatoms. The number of thioether (sulfide) groups is 1. The fourth-order valence-electron chi connectivity index (χ4n) is 3.65. The van der Waals surface area contributed by atoms with E-state index < -0.39 is 0 Å². The summed E-state index contributed by atoms with van der Waals surface area (Å²) in [5.41, 5.74) is 0. The molecule has 2 fully saturated rings. The van der Waals surface area contributed by atoms with E-state index in [1.54, 1.807) is 0 Å². The summed E-state index contributed by atoms with van der Waals surface area (Å²) in [6.45, 7) is 3.46. The van der Waals surface area contributed by atoms with Gasteiger partial charge < -0.3 is 9.80 Å². The summed E-state index contributed by atoms with van der Waals surface area (Å²) >= 11 is 1.43. The molecule has 0 radical (unpaired) electrons. The molecule has 1 atom stereocenters. The number of carbonyl (C=O) groups excluding carboxylic acids is 2. The predicted molar refractivity (Wildman–Crippen MR) is 94.5 cm³/mol. The number of amidine groups is 2. The first-order chi connectivity index (χ1) is 11.7. The number of nitrogens with zero attached hydrogens (tertiary/aromatic N) is 5. The smallest absolute Gasteiger partial charge is 0.268 e. The van der Waals surface area contributed by atoms with Crippen LogP contribution in [0.15, 0.2) is 15.0 Å². The van der Waals surface area contributed by atoms with E-state index in [0.717, 1.165) is 57.0 Å². The number of rotatable bonds is 1. The first-order valence-electron chi connectivity index (χ1n) is 8.65. The Morgan fingerprint density at radius 1 is 1.12 bits per heavy atom. The highest BCUT2D eigenvalue weighted by Gasteiger charge is 2.38. The van der Waals surface area contributed by atoms with Crippen molar-refractivity contribution in [1.29, 1.82) is 0 Å². The largest absolute Gasteiger partial charge is 0.351 e. The van der Waals surface area contributed by atoms with Gasteiger partial charge in [-0.15, -0.1) is 0 Å². The molecular formula is C16H21N5O2S. The second kappa shape index (κ2) is 6.66. The molecule has 4 heterocycles. The summed E-state index contributed by atoms with van der Waals surface area (Å²) in [5, 5.41) is 0.471. The van der Waals surface area contributed by atoms with Crippen LogP contribution in [0.3, 0.4) is 0 Å². The van der Waals surface area contributed by atoms with Gasteiger partial charge in [0, 0.05) is 32.1 Å². The van der Waals surface area contributed by atoms with Crippen LogP contribution in [0.2, 0.25) is 0 Å². The molecule has 0 bridgehead atoms. The number of hydrogen-bond donors (Lipinski definition) is 0. The summed E-state index contributed by atoms with van der Waals surface area (Å²) in [6, 6.07) is 0. The minimum atomic E-state index is -0.377. The molecule has 4 rings (SSSR count). The highest BCUT2D eigenvalue weighted by Crippen LogP contribution is 2.31. The van der Waals surface area contributed by atoms with Crippen molar-refractivity contribution >= 4 is 40.9 Å². The molecular weight excluding hydrogens is 326 g/mol. The van der Waals surface area contributed by atoms with Crippen LogP contribution in [0.4, 0.5) is 0 Å². The quantitative estimate of drug-likeness (QED) is 0.713. The molecule has 24 heavy (non-hydrogen) atoms. The van der Waals surface area contributed by atoms with Crippen molar-refractivity contribution in [3.63, 3.8) is 0 Å². The summed E-state index contributed by atoms with van der Waals surface area (Å²) in [6.07, 6.45) is 6.51. The van der Waals surface area contributed by atoms with Crippen molar-refractivity contribution in [1.82, 2.24) is 9.80 Å². The topological polar surface area (TPSA) is 77.7 Å². The van der Waals surface area contributed by atoms with Crippen LogP contribution >= 0.6 is 11.8 Å². The molecule has 2 amide bonds. The van der Waals surface area contributed by atoms with Gasteiger partial charge in [0.05, 0.1) is 0 Å². The molecule has 0 saturated carbocycles. The SMILES string of the molecule is O=C1N=CN=C2N=C(N3CCC(C(=O)N4CCCCC4)CC3)SC12. The lowest BCUT2D eigenvalue weighted by atomic mass is 9.94. The second-order valence-electron chi connectivity index (χ2n) is 6.61. The predicted octanol–water partition coefficient (Wildman–Crippen LogP) is 1.15. The van der Waals surface area contributed by atoms with Gasteiger partial charge in [0.25, 0.3) is 5.91 Å². The summed E-state index contributed by atoms with van der Waals surface area (Å²) < 4.78 is 0. The Morgan fingerprint density at radius 3 is 2.58 bits per heavy atom. The van der Waals surface area contributed by atoms with Crippen LogP contribution in [0.1, 0.15) is 32.1 Å². The van der Waals surface area contributed by atoms with Crippen molar-refractivity contribution in [2.45, 2.75) is 37.4 Å². The van der Waals surface area contributed by atoms with Crippen molar-refractivity contribution in [3.05, 3.63) is 0 Å². The first-order valence-corrected chi connectivity index (χ1v) is 9.53. The van der Waals surface area contributed by atoms with Crippen LogP contribution in [0.5, 0.6) is 0 Å². The van der Waals surface area contributed by atoms with E-state index in [1.165, 1.54) is 24.5 Å². The third-order valence-corrected chi connectivity index (χ3v) is 6.26. The number of aliphatic imine (C=N–C) groups is 3. The van der Waals surface area contributed by atoms with Gasteiger partial charge in [-0.25, -0.2) is 15.0 Å². The van der Waals surface area contributed by atoms with E-state index >= 15 is 0 Å². The van der Waals surface area contributed by atoms with Crippen LogP contribution in [0, 0.1) is 5.92 Å². The molecule has 2 saturated heterocycles. The van der Waals surface area contributed by atoms with Gasteiger partial charge in [0.15, 0.2) is 16.3 Å². The Labute approximate surface area is 145 Å². The molecule has 0 spiro atoms. The molecule has 4 aliphatic rings. The van der Waals surface area contributed by atoms with Crippen LogP contribution in [0.25, 0.3) is 0 Å². The van der Waals surface area contributed by atoms with E-state index in [1.807, 2.05) is 4.90 Å². The minimum Gasteiger partial charge on any atom is -0.351 e. The maximum absolute atomic E-state index is 12.6. The maximum Gasteiger partial charge on any atom is 0.268 e. The Morgan fingerprint density at radius 2 is 1.88 bits per heavy atom. The average Bonchev–Trinajstić information content (AvgIpc) is 3.08. The average molecular weight is 347 g/mol. The van der Waals surface area contributed by atoms with Gasteiger partial charge in [-0.3, -0.25) is 9.59 Å². The highest BCUT2D eigenvalue weighted by molar-refractivity contribution is 8.16. The Hall–Kier alpha value is -1.70. The number of hydrogen-bond acceptors (Lipinski definition) is 6. The molecule has 0 aromatic carbocycles. The number of amides is 2. The van der Waals surface area contributed by atoms with E-state index in [0.29, 0.717) is 11.7 Å². The molecule has 7 nitrogen and oxygen atoms in total. The van der Waals surface area contributed by atoms with E-state index in [4.69, 9.17) is 0 Å². The fourth-order valence-corrected chi connectivity index (χ4v) is 4.72. The summed E-state index contributed by atoms with van der Waals surface area (Å²) in [4.78, 5) is 40.9. The maximum atomic E-state index is 12.6. The van der Waals surface area contributed by atoms with Gasteiger partial charge in [0.1, 0.15) is 6.34 Å². The number of carbonyl (C=O) groups is 2. The molecule has 4 aliphatic heterocycles. The molecule has 0 aromatic rings. The van der Waals surface area contributed by atoms with Crippen molar-refractivity contribution in [3.8, 4) is 0 Å². The molecule has 0 N–H and O–H groups in total. The third kappa shape index (κ3) is 2.99. The second-order valence-corrected chi connectivity index (χ2v) is 7.68.